The van der Waals surface area contributed by atoms with E-state index in [-0.39, 0.29) is 6.61 Å². The Bertz CT molecular complexity index is 377. The zero-order valence-electron chi connectivity index (χ0n) is 9.22. The Kier molecular flexibility index (Phi) is 3.10. The molecule has 1 heterocycles. The lowest BCUT2D eigenvalue weighted by Crippen LogP contribution is -2.28. The van der Waals surface area contributed by atoms with Crippen molar-refractivity contribution in [2.75, 3.05) is 19.8 Å². The molecule has 4 nitrogen and oxygen atoms in total. The topological polar surface area (TPSA) is 51.0 Å². The minimum Gasteiger partial charge on any atom is -0.484 e. The van der Waals surface area contributed by atoms with Gasteiger partial charge in [0, 0.05) is 0 Å². The van der Waals surface area contributed by atoms with Crippen molar-refractivity contribution in [2.45, 2.75) is 12.5 Å². The highest BCUT2D eigenvalue weighted by molar-refractivity contribution is 5.79. The minimum atomic E-state index is -0.505. The lowest BCUT2D eigenvalue weighted by Gasteiger charge is -2.12. The summed E-state index contributed by atoms with van der Waals surface area (Å²) in [5.41, 5.74) is -0.505. The van der Waals surface area contributed by atoms with Gasteiger partial charge in [-0.25, -0.2) is 4.99 Å². The normalized spacial score (nSPS) is 23.8. The Morgan fingerprint density at radius 1 is 1.44 bits per heavy atom. The van der Waals surface area contributed by atoms with E-state index < -0.39 is 5.54 Å². The van der Waals surface area contributed by atoms with Crippen LogP contribution in [-0.4, -0.2) is 36.4 Å². The van der Waals surface area contributed by atoms with Crippen LogP contribution in [0.3, 0.4) is 0 Å². The fourth-order valence-corrected chi connectivity index (χ4v) is 1.42. The largest absolute Gasteiger partial charge is 0.484 e. The summed E-state index contributed by atoms with van der Waals surface area (Å²) >= 11 is 0. The Morgan fingerprint density at radius 2 is 2.19 bits per heavy atom. The molecule has 2 rings (SSSR count). The monoisotopic (exact) mass is 221 g/mol. The van der Waals surface area contributed by atoms with Gasteiger partial charge >= 0.3 is 0 Å². The fraction of sp³-hybridized carbons (Fsp3) is 0.417. The van der Waals surface area contributed by atoms with Gasteiger partial charge in [0.25, 0.3) is 0 Å². The highest BCUT2D eigenvalue weighted by Gasteiger charge is 2.30. The van der Waals surface area contributed by atoms with Crippen LogP contribution in [-0.2, 0) is 4.74 Å². The van der Waals surface area contributed by atoms with Gasteiger partial charge in [0.1, 0.15) is 17.9 Å². The van der Waals surface area contributed by atoms with Crippen molar-refractivity contribution >= 4 is 5.90 Å². The van der Waals surface area contributed by atoms with Crippen LogP contribution in [0.2, 0.25) is 0 Å². The average molecular weight is 221 g/mol. The summed E-state index contributed by atoms with van der Waals surface area (Å²) in [6.45, 7) is 2.56. The second-order valence-corrected chi connectivity index (χ2v) is 4.05. The van der Waals surface area contributed by atoms with Crippen molar-refractivity contribution in [3.63, 3.8) is 0 Å². The van der Waals surface area contributed by atoms with Crippen molar-refractivity contribution in [1.82, 2.24) is 0 Å². The molecule has 0 saturated heterocycles. The molecule has 0 saturated carbocycles. The first-order valence-electron chi connectivity index (χ1n) is 5.22. The summed E-state index contributed by atoms with van der Waals surface area (Å²) < 4.78 is 10.8. The maximum Gasteiger partial charge on any atom is 0.223 e. The van der Waals surface area contributed by atoms with Gasteiger partial charge in [0.05, 0.1) is 6.61 Å². The maximum absolute atomic E-state index is 9.10. The van der Waals surface area contributed by atoms with Crippen molar-refractivity contribution in [3.8, 4) is 5.75 Å². The molecule has 0 spiro atoms. The van der Waals surface area contributed by atoms with E-state index >= 15 is 0 Å². The molecule has 0 amide bonds. The third-order valence-electron chi connectivity index (χ3n) is 2.39. The smallest absolute Gasteiger partial charge is 0.223 e. The van der Waals surface area contributed by atoms with Crippen LogP contribution < -0.4 is 4.74 Å². The molecule has 4 heteroatoms. The van der Waals surface area contributed by atoms with E-state index in [2.05, 4.69) is 4.99 Å². The molecule has 0 aliphatic carbocycles. The van der Waals surface area contributed by atoms with Crippen molar-refractivity contribution in [2.24, 2.45) is 4.99 Å². The molecule has 0 radical (unpaired) electrons. The summed E-state index contributed by atoms with van der Waals surface area (Å²) in [6, 6.07) is 9.50. The first-order chi connectivity index (χ1) is 7.72. The SMILES string of the molecule is C[C@@]1(CO)COC(COc2ccccc2)=N1. The van der Waals surface area contributed by atoms with Gasteiger partial charge in [0.2, 0.25) is 5.90 Å². The van der Waals surface area contributed by atoms with Crippen LogP contribution in [0.4, 0.5) is 0 Å². The lowest BCUT2D eigenvalue weighted by atomic mass is 10.1. The summed E-state index contributed by atoms with van der Waals surface area (Å²) in [7, 11) is 0. The third-order valence-corrected chi connectivity index (χ3v) is 2.39. The number of nitrogens with zero attached hydrogens (tertiary/aromatic N) is 1. The van der Waals surface area contributed by atoms with Crippen molar-refractivity contribution in [1.29, 1.82) is 0 Å². The van der Waals surface area contributed by atoms with Gasteiger partial charge in [-0.2, -0.15) is 0 Å². The number of benzene rings is 1. The number of para-hydroxylation sites is 1. The quantitative estimate of drug-likeness (QED) is 0.832. The first-order valence-corrected chi connectivity index (χ1v) is 5.22. The third kappa shape index (κ3) is 2.52. The molecule has 0 aromatic heterocycles. The zero-order chi connectivity index (χ0) is 11.4. The molecule has 0 unspecified atom stereocenters. The highest BCUT2D eigenvalue weighted by Crippen LogP contribution is 2.18. The maximum atomic E-state index is 9.10. The molecule has 0 fully saturated rings. The molecular formula is C12H15NO3. The molecule has 1 N–H and O–H groups in total. The van der Waals surface area contributed by atoms with Gasteiger partial charge in [-0.1, -0.05) is 18.2 Å². The van der Waals surface area contributed by atoms with E-state index in [1.165, 1.54) is 0 Å². The highest BCUT2D eigenvalue weighted by atomic mass is 16.5. The van der Waals surface area contributed by atoms with E-state index in [1.54, 1.807) is 0 Å². The van der Waals surface area contributed by atoms with Gasteiger partial charge in [0.15, 0.2) is 6.61 Å². The number of hydrogen-bond donors (Lipinski definition) is 1. The average Bonchev–Trinajstić information content (AvgIpc) is 2.71. The number of aliphatic hydroxyl groups excluding tert-OH is 1. The molecule has 0 bridgehead atoms. The van der Waals surface area contributed by atoms with Gasteiger partial charge < -0.3 is 14.6 Å². The van der Waals surface area contributed by atoms with E-state index in [4.69, 9.17) is 14.6 Å². The summed E-state index contributed by atoms with van der Waals surface area (Å²) in [5, 5.41) is 9.10. The molecule has 86 valence electrons. The van der Waals surface area contributed by atoms with Gasteiger partial charge in [-0.15, -0.1) is 0 Å². The number of hydrogen-bond acceptors (Lipinski definition) is 4. The van der Waals surface area contributed by atoms with Crippen LogP contribution in [0.5, 0.6) is 5.75 Å². The Labute approximate surface area is 94.5 Å². The summed E-state index contributed by atoms with van der Waals surface area (Å²) in [5.74, 6) is 1.33. The number of aliphatic imine (C=N–C) groups is 1. The van der Waals surface area contributed by atoms with Gasteiger partial charge in [-0.05, 0) is 19.1 Å². The Balaban J connectivity index is 1.90. The summed E-state index contributed by atoms with van der Waals surface area (Å²) in [6.07, 6.45) is 0. The second kappa shape index (κ2) is 4.53. The molecule has 1 aromatic carbocycles. The zero-order valence-corrected chi connectivity index (χ0v) is 9.22. The molecule has 16 heavy (non-hydrogen) atoms. The summed E-state index contributed by atoms with van der Waals surface area (Å²) in [4.78, 5) is 4.27. The van der Waals surface area contributed by atoms with Crippen LogP contribution >= 0.6 is 0 Å². The standard InChI is InChI=1S/C12H15NO3/c1-12(8-14)9-16-11(13-12)7-15-10-5-3-2-4-6-10/h2-6,14H,7-9H2,1H3/t12-/m1/s1. The van der Waals surface area contributed by atoms with E-state index in [0.29, 0.717) is 19.1 Å². The molecule has 1 aliphatic rings. The van der Waals surface area contributed by atoms with Crippen LogP contribution in [0.1, 0.15) is 6.92 Å². The molecular weight excluding hydrogens is 206 g/mol. The fourth-order valence-electron chi connectivity index (χ4n) is 1.42. The predicted molar refractivity (Wildman–Crippen MR) is 60.8 cm³/mol. The Hall–Kier alpha value is -1.55. The van der Waals surface area contributed by atoms with Gasteiger partial charge in [-0.3, -0.25) is 0 Å². The number of aliphatic hydroxyl groups is 1. The molecule has 1 atom stereocenters. The number of ether oxygens (including phenoxy) is 2. The first kappa shape index (κ1) is 11.0. The van der Waals surface area contributed by atoms with Crippen molar-refractivity contribution in [3.05, 3.63) is 30.3 Å². The second-order valence-electron chi connectivity index (χ2n) is 4.05. The van der Waals surface area contributed by atoms with E-state index in [0.717, 1.165) is 5.75 Å². The van der Waals surface area contributed by atoms with Crippen LogP contribution in [0.25, 0.3) is 0 Å². The molecule has 1 aliphatic heterocycles. The van der Waals surface area contributed by atoms with E-state index in [9.17, 15) is 0 Å². The Morgan fingerprint density at radius 3 is 2.81 bits per heavy atom. The number of rotatable bonds is 4. The molecule has 1 aromatic rings. The van der Waals surface area contributed by atoms with Crippen LogP contribution in [0.15, 0.2) is 35.3 Å². The lowest BCUT2D eigenvalue weighted by molar-refractivity contribution is 0.167. The van der Waals surface area contributed by atoms with Crippen LogP contribution in [0, 0.1) is 0 Å². The van der Waals surface area contributed by atoms with E-state index in [1.807, 2.05) is 37.3 Å². The predicted octanol–water partition coefficient (Wildman–Crippen LogP) is 1.25. The minimum absolute atomic E-state index is 0.0121. The van der Waals surface area contributed by atoms with Crippen molar-refractivity contribution < 1.29 is 14.6 Å².